The summed E-state index contributed by atoms with van der Waals surface area (Å²) in [4.78, 5) is 9.08. The third-order valence-corrected chi connectivity index (χ3v) is 0.356. The van der Waals surface area contributed by atoms with Gasteiger partial charge in [-0.3, -0.25) is 0 Å². The molecule has 0 N–H and O–H groups in total. The molecule has 0 radical (unpaired) electrons. The second-order valence-corrected chi connectivity index (χ2v) is 1.00. The van der Waals surface area contributed by atoms with Gasteiger partial charge in [0.2, 0.25) is 5.63 Å². The molecule has 0 aliphatic heterocycles. The van der Waals surface area contributed by atoms with Crippen LogP contribution in [0.1, 0.15) is 0 Å². The maximum atomic E-state index is 10.9. The molecule has 0 bridgehead atoms. The largest absolute Gasteiger partial charge is 1.00 e. The Kier molecular flexibility index (Phi) is 6.55. The first-order valence-electron chi connectivity index (χ1n) is 1.13. The molecule has 0 aliphatic carbocycles. The summed E-state index contributed by atoms with van der Waals surface area (Å²) in [6.07, 6.45) is 0. The Morgan fingerprint density at radius 2 is 2.00 bits per heavy atom. The van der Waals surface area contributed by atoms with E-state index in [9.17, 15) is 4.39 Å². The van der Waals surface area contributed by atoms with Crippen molar-refractivity contribution in [2.45, 2.75) is 5.63 Å². The molecule has 0 amide bonds. The molecule has 0 rings (SSSR count). The zero-order valence-corrected chi connectivity index (χ0v) is 4.41. The van der Waals surface area contributed by atoms with Crippen LogP contribution in [0.15, 0.2) is 0 Å². The van der Waals surface area contributed by atoms with Crippen LogP contribution >= 0.6 is 11.6 Å². The number of alkyl halides is 2. The van der Waals surface area contributed by atoms with E-state index < -0.39 is 11.6 Å². The number of carboxylic acids is 1. The SMILES string of the molecule is O=C([O-])C(F)Cl.[Li+]. The topological polar surface area (TPSA) is 40.1 Å². The van der Waals surface area contributed by atoms with E-state index in [-0.39, 0.29) is 18.9 Å². The van der Waals surface area contributed by atoms with Crippen LogP contribution in [0, 0.1) is 0 Å². The fourth-order valence-electron chi connectivity index (χ4n) is 0. The summed E-state index contributed by atoms with van der Waals surface area (Å²) in [7, 11) is 0. The molecule has 0 saturated carbocycles. The maximum absolute atomic E-state index is 10.9. The number of rotatable bonds is 1. The molecule has 1 unspecified atom stereocenters. The first-order valence-corrected chi connectivity index (χ1v) is 1.57. The van der Waals surface area contributed by atoms with E-state index in [1.807, 2.05) is 0 Å². The van der Waals surface area contributed by atoms with Crippen molar-refractivity contribution in [3.63, 3.8) is 0 Å². The molecule has 0 aliphatic rings. The first-order chi connectivity index (χ1) is 2.64. The van der Waals surface area contributed by atoms with Gasteiger partial charge in [0.1, 0.15) is 0 Å². The van der Waals surface area contributed by atoms with Crippen LogP contribution in [0.4, 0.5) is 4.39 Å². The van der Waals surface area contributed by atoms with Crippen LogP contribution in [-0.2, 0) is 4.79 Å². The Hall–Kier alpha value is 0.287. The third-order valence-electron chi connectivity index (χ3n) is 0.178. The zero-order valence-electron chi connectivity index (χ0n) is 3.65. The van der Waals surface area contributed by atoms with Crippen molar-refractivity contribution in [3.05, 3.63) is 0 Å². The Morgan fingerprint density at radius 1 is 1.86 bits per heavy atom. The summed E-state index contributed by atoms with van der Waals surface area (Å²) < 4.78 is 10.9. The van der Waals surface area contributed by atoms with E-state index in [1.54, 1.807) is 0 Å². The number of hydrogen-bond donors (Lipinski definition) is 0. The van der Waals surface area contributed by atoms with Gasteiger partial charge in [0.05, 0.1) is 5.97 Å². The molecule has 0 aromatic heterocycles. The third kappa shape index (κ3) is 6.29. The van der Waals surface area contributed by atoms with Gasteiger partial charge in [0, 0.05) is 0 Å². The van der Waals surface area contributed by atoms with Crippen molar-refractivity contribution in [3.8, 4) is 0 Å². The van der Waals surface area contributed by atoms with Crippen molar-refractivity contribution < 1.29 is 33.2 Å². The summed E-state index contributed by atoms with van der Waals surface area (Å²) in [5.74, 6) is -1.89. The summed E-state index contributed by atoms with van der Waals surface area (Å²) in [6, 6.07) is 0. The van der Waals surface area contributed by atoms with E-state index in [0.29, 0.717) is 0 Å². The van der Waals surface area contributed by atoms with Crippen molar-refractivity contribution in [1.29, 1.82) is 0 Å². The van der Waals surface area contributed by atoms with Gasteiger partial charge in [-0.15, -0.1) is 0 Å². The maximum Gasteiger partial charge on any atom is 1.00 e. The Labute approximate surface area is 56.8 Å². The van der Waals surface area contributed by atoms with Crippen LogP contribution < -0.4 is 24.0 Å². The smallest absolute Gasteiger partial charge is 0.546 e. The van der Waals surface area contributed by atoms with Gasteiger partial charge < -0.3 is 9.90 Å². The molecular formula is C2HClFLiO2. The number of halogens is 2. The second kappa shape index (κ2) is 4.45. The molecule has 36 valence electrons. The van der Waals surface area contributed by atoms with Gasteiger partial charge in [0.25, 0.3) is 0 Å². The normalized spacial score (nSPS) is 11.7. The molecule has 0 saturated heterocycles. The van der Waals surface area contributed by atoms with E-state index >= 15 is 0 Å². The molecule has 5 heteroatoms. The Bertz CT molecular complexity index is 66.7. The molecule has 2 nitrogen and oxygen atoms in total. The van der Waals surface area contributed by atoms with Gasteiger partial charge >= 0.3 is 18.9 Å². The first kappa shape index (κ1) is 10.3. The van der Waals surface area contributed by atoms with Crippen LogP contribution in [0.3, 0.4) is 0 Å². The van der Waals surface area contributed by atoms with Gasteiger partial charge in [-0.05, 0) is 0 Å². The molecule has 0 aromatic carbocycles. The van der Waals surface area contributed by atoms with Gasteiger partial charge in [0.15, 0.2) is 0 Å². The summed E-state index contributed by atoms with van der Waals surface area (Å²) >= 11 is 4.28. The molecule has 0 fully saturated rings. The molecule has 1 atom stereocenters. The number of carbonyl (C=O) groups is 1. The minimum Gasteiger partial charge on any atom is -0.546 e. The number of carbonyl (C=O) groups excluding carboxylic acids is 1. The standard InChI is InChI=1S/C2H2ClFO2.Li/c3-1(4)2(5)6;/h1H,(H,5,6);/q;+1/p-1. The molecule has 7 heavy (non-hydrogen) atoms. The molecule has 0 heterocycles. The number of hydrogen-bond acceptors (Lipinski definition) is 2. The van der Waals surface area contributed by atoms with Crippen LogP contribution in [0.2, 0.25) is 0 Å². The van der Waals surface area contributed by atoms with E-state index in [2.05, 4.69) is 11.6 Å². The quantitative estimate of drug-likeness (QED) is 0.262. The molecular weight excluding hydrogens is 117 g/mol. The van der Waals surface area contributed by atoms with Crippen molar-refractivity contribution in [2.75, 3.05) is 0 Å². The summed E-state index contributed by atoms with van der Waals surface area (Å²) in [5.41, 5.74) is -2.37. The Morgan fingerprint density at radius 3 is 2.00 bits per heavy atom. The second-order valence-electron chi connectivity index (χ2n) is 0.620. The predicted molar refractivity (Wildman–Crippen MR) is 15.8 cm³/mol. The zero-order chi connectivity index (χ0) is 5.15. The number of carboxylic acid groups (broad SMARTS) is 1. The monoisotopic (exact) mass is 118 g/mol. The Balaban J connectivity index is 0. The van der Waals surface area contributed by atoms with Gasteiger partial charge in [-0.2, -0.15) is 0 Å². The van der Waals surface area contributed by atoms with Crippen molar-refractivity contribution >= 4 is 17.6 Å². The van der Waals surface area contributed by atoms with Crippen molar-refractivity contribution in [1.82, 2.24) is 0 Å². The van der Waals surface area contributed by atoms with E-state index in [4.69, 9.17) is 9.90 Å². The fraction of sp³-hybridized carbons (Fsp3) is 0.500. The van der Waals surface area contributed by atoms with Crippen molar-refractivity contribution in [2.24, 2.45) is 0 Å². The molecule has 0 aromatic rings. The molecule has 0 spiro atoms. The average Bonchev–Trinajstić information content (AvgIpc) is 1.36. The summed E-state index contributed by atoms with van der Waals surface area (Å²) in [6.45, 7) is 0. The fourth-order valence-corrected chi connectivity index (χ4v) is 0. The van der Waals surface area contributed by atoms with Crippen LogP contribution in [-0.4, -0.2) is 11.6 Å². The van der Waals surface area contributed by atoms with E-state index in [1.165, 1.54) is 0 Å². The van der Waals surface area contributed by atoms with Crippen LogP contribution in [0.25, 0.3) is 0 Å². The number of aliphatic carboxylic acids is 1. The van der Waals surface area contributed by atoms with Gasteiger partial charge in [-0.1, -0.05) is 11.6 Å². The summed E-state index contributed by atoms with van der Waals surface area (Å²) in [5, 5.41) is 9.08. The minimum atomic E-state index is -2.37. The average molecular weight is 118 g/mol. The van der Waals surface area contributed by atoms with Crippen LogP contribution in [0.5, 0.6) is 0 Å². The van der Waals surface area contributed by atoms with Gasteiger partial charge in [-0.25, -0.2) is 4.39 Å². The predicted octanol–water partition coefficient (Wildman–Crippen LogP) is -3.73. The minimum absolute atomic E-state index is 0. The van der Waals surface area contributed by atoms with E-state index in [0.717, 1.165) is 0 Å².